The van der Waals surface area contributed by atoms with Crippen molar-refractivity contribution in [3.8, 4) is 0 Å². The summed E-state index contributed by atoms with van der Waals surface area (Å²) in [6.07, 6.45) is 0.453. The number of carbonyl (C=O) groups is 1. The highest BCUT2D eigenvalue weighted by Crippen LogP contribution is 1.99. The van der Waals surface area contributed by atoms with E-state index >= 15 is 0 Å². The molecule has 1 fully saturated rings. The molecule has 1 aliphatic rings. The van der Waals surface area contributed by atoms with E-state index in [1.807, 2.05) is 13.8 Å². The van der Waals surface area contributed by atoms with Gasteiger partial charge in [0.2, 0.25) is 0 Å². The molecule has 0 bridgehead atoms. The van der Waals surface area contributed by atoms with Crippen LogP contribution in [0.15, 0.2) is 0 Å². The van der Waals surface area contributed by atoms with Crippen LogP contribution in [-0.2, 0) is 9.53 Å². The maximum atomic E-state index is 11.2. The fourth-order valence-corrected chi connectivity index (χ4v) is 1.37. The molecule has 4 nitrogen and oxygen atoms in total. The summed E-state index contributed by atoms with van der Waals surface area (Å²) in [5.74, 6) is -0.115. The lowest BCUT2D eigenvalue weighted by molar-refractivity contribution is -0.148. The van der Waals surface area contributed by atoms with Gasteiger partial charge in [0.05, 0.1) is 12.5 Å². The number of nitrogens with one attached hydrogen (secondary N) is 2. The van der Waals surface area contributed by atoms with Crippen LogP contribution in [0.3, 0.4) is 0 Å². The molecule has 0 aromatic rings. The van der Waals surface area contributed by atoms with Crippen LogP contribution in [0.25, 0.3) is 0 Å². The van der Waals surface area contributed by atoms with Crippen LogP contribution in [0.4, 0.5) is 0 Å². The number of hydrogen-bond acceptors (Lipinski definition) is 4. The van der Waals surface area contributed by atoms with Crippen molar-refractivity contribution in [1.82, 2.24) is 10.6 Å². The van der Waals surface area contributed by atoms with Crippen LogP contribution in [0.2, 0.25) is 0 Å². The minimum Gasteiger partial charge on any atom is -0.463 e. The minimum atomic E-state index is -0.115. The highest BCUT2D eigenvalue weighted by atomic mass is 16.5. The van der Waals surface area contributed by atoms with E-state index < -0.39 is 0 Å². The van der Waals surface area contributed by atoms with Crippen molar-refractivity contribution in [2.45, 2.75) is 32.4 Å². The topological polar surface area (TPSA) is 50.4 Å². The Kier molecular flexibility index (Phi) is 4.18. The third-order valence-electron chi connectivity index (χ3n) is 1.91. The molecule has 1 rings (SSSR count). The Hall–Kier alpha value is -0.610. The number of rotatable bonds is 3. The molecule has 0 radical (unpaired) electrons. The van der Waals surface area contributed by atoms with E-state index in [1.165, 1.54) is 0 Å². The number of carbonyl (C=O) groups excluding carboxylic acids is 1. The smallest absolute Gasteiger partial charge is 0.307 e. The molecule has 0 aromatic heterocycles. The van der Waals surface area contributed by atoms with Gasteiger partial charge in [0.15, 0.2) is 0 Å². The predicted molar refractivity (Wildman–Crippen MR) is 50.5 cm³/mol. The molecule has 13 heavy (non-hydrogen) atoms. The van der Waals surface area contributed by atoms with Crippen LogP contribution in [-0.4, -0.2) is 37.7 Å². The molecule has 1 heterocycles. The van der Waals surface area contributed by atoms with Gasteiger partial charge in [-0.2, -0.15) is 0 Å². The van der Waals surface area contributed by atoms with Gasteiger partial charge >= 0.3 is 5.97 Å². The fourth-order valence-electron chi connectivity index (χ4n) is 1.37. The predicted octanol–water partition coefficient (Wildman–Crippen LogP) is -0.110. The Morgan fingerprint density at radius 2 is 2.31 bits per heavy atom. The first-order chi connectivity index (χ1) is 6.18. The monoisotopic (exact) mass is 186 g/mol. The molecule has 0 amide bonds. The summed E-state index contributed by atoms with van der Waals surface area (Å²) in [7, 11) is 0. The van der Waals surface area contributed by atoms with Gasteiger partial charge in [-0.25, -0.2) is 0 Å². The SMILES string of the molecule is CC(C)OC(=O)CC1CNCCN1. The molecule has 2 N–H and O–H groups in total. The fraction of sp³-hybridized carbons (Fsp3) is 0.889. The Bertz CT molecular complexity index is 165. The second kappa shape index (κ2) is 5.19. The van der Waals surface area contributed by atoms with Crippen molar-refractivity contribution in [3.63, 3.8) is 0 Å². The first-order valence-electron chi connectivity index (χ1n) is 4.82. The van der Waals surface area contributed by atoms with E-state index in [2.05, 4.69) is 10.6 Å². The van der Waals surface area contributed by atoms with Gasteiger partial charge in [0.25, 0.3) is 0 Å². The molecule has 1 aliphatic heterocycles. The van der Waals surface area contributed by atoms with Crippen LogP contribution < -0.4 is 10.6 Å². The summed E-state index contributed by atoms with van der Waals surface area (Å²) in [5, 5.41) is 6.48. The molecule has 1 atom stereocenters. The summed E-state index contributed by atoms with van der Waals surface area (Å²) in [6, 6.07) is 0.236. The maximum Gasteiger partial charge on any atom is 0.307 e. The highest BCUT2D eigenvalue weighted by Gasteiger charge is 2.17. The van der Waals surface area contributed by atoms with Crippen molar-refractivity contribution in [1.29, 1.82) is 0 Å². The molecule has 76 valence electrons. The normalized spacial score (nSPS) is 23.2. The van der Waals surface area contributed by atoms with Gasteiger partial charge < -0.3 is 15.4 Å². The summed E-state index contributed by atoms with van der Waals surface area (Å²) in [4.78, 5) is 11.2. The minimum absolute atomic E-state index is 0.0101. The lowest BCUT2D eigenvalue weighted by Crippen LogP contribution is -2.49. The number of ether oxygens (including phenoxy) is 1. The van der Waals surface area contributed by atoms with Crippen LogP contribution in [0.1, 0.15) is 20.3 Å². The third kappa shape index (κ3) is 4.24. The van der Waals surface area contributed by atoms with E-state index in [1.54, 1.807) is 0 Å². The quantitative estimate of drug-likeness (QED) is 0.604. The molecule has 0 spiro atoms. The standard InChI is InChI=1S/C9H18N2O2/c1-7(2)13-9(12)5-8-6-10-3-4-11-8/h7-8,10-11H,3-6H2,1-2H3. The van der Waals surface area contributed by atoms with E-state index in [0.29, 0.717) is 6.42 Å². The second-order valence-corrected chi connectivity index (χ2v) is 3.60. The van der Waals surface area contributed by atoms with Crippen molar-refractivity contribution in [2.75, 3.05) is 19.6 Å². The summed E-state index contributed by atoms with van der Waals surface area (Å²) in [6.45, 7) is 6.50. The molecule has 0 aromatic carbocycles. The van der Waals surface area contributed by atoms with Crippen LogP contribution in [0, 0.1) is 0 Å². The molecule has 1 unspecified atom stereocenters. The lowest BCUT2D eigenvalue weighted by atomic mass is 10.2. The second-order valence-electron chi connectivity index (χ2n) is 3.60. The van der Waals surface area contributed by atoms with Gasteiger partial charge in [0.1, 0.15) is 0 Å². The Morgan fingerprint density at radius 3 is 2.85 bits per heavy atom. The zero-order valence-electron chi connectivity index (χ0n) is 8.30. The van der Waals surface area contributed by atoms with Gasteiger partial charge in [-0.1, -0.05) is 0 Å². The van der Waals surface area contributed by atoms with Crippen molar-refractivity contribution in [2.24, 2.45) is 0 Å². The molecular formula is C9H18N2O2. The first kappa shape index (κ1) is 10.5. The average molecular weight is 186 g/mol. The van der Waals surface area contributed by atoms with Gasteiger partial charge in [-0.3, -0.25) is 4.79 Å². The van der Waals surface area contributed by atoms with E-state index in [0.717, 1.165) is 19.6 Å². The highest BCUT2D eigenvalue weighted by molar-refractivity contribution is 5.70. The molecular weight excluding hydrogens is 168 g/mol. The van der Waals surface area contributed by atoms with Crippen molar-refractivity contribution in [3.05, 3.63) is 0 Å². The summed E-state index contributed by atoms with van der Waals surface area (Å²) < 4.78 is 5.05. The van der Waals surface area contributed by atoms with Gasteiger partial charge in [0, 0.05) is 25.7 Å². The molecule has 4 heteroatoms. The lowest BCUT2D eigenvalue weighted by Gasteiger charge is -2.23. The van der Waals surface area contributed by atoms with Gasteiger partial charge in [-0.15, -0.1) is 0 Å². The summed E-state index contributed by atoms with van der Waals surface area (Å²) in [5.41, 5.74) is 0. The number of piperazine rings is 1. The van der Waals surface area contributed by atoms with E-state index in [9.17, 15) is 4.79 Å². The third-order valence-corrected chi connectivity index (χ3v) is 1.91. The summed E-state index contributed by atoms with van der Waals surface area (Å²) >= 11 is 0. The molecule has 0 aliphatic carbocycles. The number of esters is 1. The van der Waals surface area contributed by atoms with Crippen LogP contribution >= 0.6 is 0 Å². The zero-order chi connectivity index (χ0) is 9.68. The maximum absolute atomic E-state index is 11.2. The van der Waals surface area contributed by atoms with E-state index in [-0.39, 0.29) is 18.1 Å². The van der Waals surface area contributed by atoms with Crippen molar-refractivity contribution < 1.29 is 9.53 Å². The van der Waals surface area contributed by atoms with Gasteiger partial charge in [-0.05, 0) is 13.8 Å². The molecule has 0 saturated carbocycles. The molecule has 1 saturated heterocycles. The Balaban J connectivity index is 2.18. The zero-order valence-corrected chi connectivity index (χ0v) is 8.30. The average Bonchev–Trinajstić information content (AvgIpc) is 2.04. The number of hydrogen-bond donors (Lipinski definition) is 2. The largest absolute Gasteiger partial charge is 0.463 e. The Morgan fingerprint density at radius 1 is 1.54 bits per heavy atom. The van der Waals surface area contributed by atoms with Crippen LogP contribution in [0.5, 0.6) is 0 Å². The first-order valence-corrected chi connectivity index (χ1v) is 4.82. The Labute approximate surface area is 79.0 Å². The van der Waals surface area contributed by atoms with Crippen molar-refractivity contribution >= 4 is 5.97 Å². The van der Waals surface area contributed by atoms with E-state index in [4.69, 9.17) is 4.74 Å².